The van der Waals surface area contributed by atoms with Gasteiger partial charge in [0.1, 0.15) is 0 Å². The number of hydrogen-bond donors (Lipinski definition) is 1. The summed E-state index contributed by atoms with van der Waals surface area (Å²) in [7, 11) is 2.21. The van der Waals surface area contributed by atoms with Gasteiger partial charge in [0.25, 0.3) is 0 Å². The number of benzene rings is 1. The van der Waals surface area contributed by atoms with Crippen LogP contribution >= 0.6 is 0 Å². The molecule has 0 aliphatic carbocycles. The van der Waals surface area contributed by atoms with E-state index in [0.29, 0.717) is 0 Å². The second-order valence-corrected chi connectivity index (χ2v) is 5.18. The van der Waals surface area contributed by atoms with Crippen molar-refractivity contribution in [3.8, 4) is 0 Å². The van der Waals surface area contributed by atoms with E-state index < -0.39 is 0 Å². The van der Waals surface area contributed by atoms with Crippen molar-refractivity contribution < 1.29 is 0 Å². The van der Waals surface area contributed by atoms with Gasteiger partial charge in [0, 0.05) is 6.54 Å². The lowest BCUT2D eigenvalue weighted by molar-refractivity contribution is 0.317. The molecule has 0 aliphatic heterocycles. The van der Waals surface area contributed by atoms with Gasteiger partial charge in [0.15, 0.2) is 0 Å². The summed E-state index contributed by atoms with van der Waals surface area (Å²) in [5.74, 6) is 0. The molecule has 0 fully saturated rings. The first-order chi connectivity index (χ1) is 8.72. The molecule has 0 heterocycles. The van der Waals surface area contributed by atoms with E-state index in [4.69, 9.17) is 0 Å². The molecule has 1 aromatic carbocycles. The van der Waals surface area contributed by atoms with Crippen molar-refractivity contribution in [1.82, 2.24) is 10.2 Å². The van der Waals surface area contributed by atoms with Gasteiger partial charge >= 0.3 is 0 Å². The van der Waals surface area contributed by atoms with E-state index in [-0.39, 0.29) is 0 Å². The van der Waals surface area contributed by atoms with E-state index in [1.54, 1.807) is 0 Å². The third kappa shape index (κ3) is 6.77. The van der Waals surface area contributed by atoms with Gasteiger partial charge in [-0.25, -0.2) is 0 Å². The predicted molar refractivity (Wildman–Crippen MR) is 79.9 cm³/mol. The molecule has 1 rings (SSSR count). The Labute approximate surface area is 112 Å². The maximum atomic E-state index is 3.45. The van der Waals surface area contributed by atoms with E-state index in [1.807, 2.05) is 0 Å². The van der Waals surface area contributed by atoms with E-state index in [2.05, 4.69) is 55.4 Å². The van der Waals surface area contributed by atoms with Gasteiger partial charge in [0.2, 0.25) is 0 Å². The summed E-state index contributed by atoms with van der Waals surface area (Å²) < 4.78 is 0. The lowest BCUT2D eigenvalue weighted by Gasteiger charge is -2.17. The SMILES string of the molecule is CCCNCCCCN(C)Cc1cccc(C)c1. The van der Waals surface area contributed by atoms with Crippen LogP contribution < -0.4 is 5.32 Å². The number of aryl methyl sites for hydroxylation is 1. The molecule has 0 aliphatic rings. The zero-order valence-electron chi connectivity index (χ0n) is 12.2. The second kappa shape index (κ2) is 9.12. The summed E-state index contributed by atoms with van der Waals surface area (Å²) in [6.07, 6.45) is 3.78. The summed E-state index contributed by atoms with van der Waals surface area (Å²) in [5.41, 5.74) is 2.77. The first-order valence-corrected chi connectivity index (χ1v) is 7.17. The van der Waals surface area contributed by atoms with E-state index in [9.17, 15) is 0 Å². The minimum atomic E-state index is 1.06. The molecule has 0 saturated carbocycles. The molecule has 0 unspecified atom stereocenters. The Morgan fingerprint density at radius 3 is 2.72 bits per heavy atom. The van der Waals surface area contributed by atoms with Crippen molar-refractivity contribution in [2.24, 2.45) is 0 Å². The molecular weight excluding hydrogens is 220 g/mol. The zero-order valence-corrected chi connectivity index (χ0v) is 12.2. The molecule has 0 radical (unpaired) electrons. The first kappa shape index (κ1) is 15.2. The van der Waals surface area contributed by atoms with Crippen molar-refractivity contribution in [2.75, 3.05) is 26.7 Å². The predicted octanol–water partition coefficient (Wildman–Crippen LogP) is 3.21. The second-order valence-electron chi connectivity index (χ2n) is 5.18. The summed E-state index contributed by atoms with van der Waals surface area (Å²) in [6, 6.07) is 8.79. The fraction of sp³-hybridized carbons (Fsp3) is 0.625. The highest BCUT2D eigenvalue weighted by Gasteiger charge is 2.00. The smallest absolute Gasteiger partial charge is 0.0230 e. The molecule has 0 bridgehead atoms. The molecule has 0 aromatic heterocycles. The largest absolute Gasteiger partial charge is 0.317 e. The van der Waals surface area contributed by atoms with Crippen LogP contribution in [0.1, 0.15) is 37.3 Å². The maximum Gasteiger partial charge on any atom is 0.0230 e. The highest BCUT2D eigenvalue weighted by atomic mass is 15.1. The monoisotopic (exact) mass is 248 g/mol. The Morgan fingerprint density at radius 2 is 2.00 bits per heavy atom. The summed E-state index contributed by atoms with van der Waals surface area (Å²) >= 11 is 0. The Morgan fingerprint density at radius 1 is 1.17 bits per heavy atom. The number of nitrogens with zero attached hydrogens (tertiary/aromatic N) is 1. The molecule has 18 heavy (non-hydrogen) atoms. The highest BCUT2D eigenvalue weighted by Crippen LogP contribution is 2.07. The summed E-state index contributed by atoms with van der Waals surface area (Å²) in [5, 5.41) is 3.45. The van der Waals surface area contributed by atoms with E-state index >= 15 is 0 Å². The van der Waals surface area contributed by atoms with Gasteiger partial charge in [0.05, 0.1) is 0 Å². The molecule has 1 aromatic rings. The quantitative estimate of drug-likeness (QED) is 0.675. The number of hydrogen-bond acceptors (Lipinski definition) is 2. The normalized spacial score (nSPS) is 11.1. The molecule has 0 saturated heterocycles. The van der Waals surface area contributed by atoms with Gasteiger partial charge < -0.3 is 10.2 Å². The van der Waals surface area contributed by atoms with Crippen LogP contribution in [0.25, 0.3) is 0 Å². The minimum absolute atomic E-state index is 1.06. The molecular formula is C16H28N2. The summed E-state index contributed by atoms with van der Waals surface area (Å²) in [4.78, 5) is 2.41. The third-order valence-corrected chi connectivity index (χ3v) is 3.11. The molecule has 0 atom stereocenters. The van der Waals surface area contributed by atoms with Gasteiger partial charge in [-0.15, -0.1) is 0 Å². The summed E-state index contributed by atoms with van der Waals surface area (Å²) in [6.45, 7) is 8.92. The molecule has 2 heteroatoms. The van der Waals surface area contributed by atoms with Gasteiger partial charge in [-0.1, -0.05) is 36.8 Å². The lowest BCUT2D eigenvalue weighted by atomic mass is 10.1. The van der Waals surface area contributed by atoms with Crippen LogP contribution in [-0.4, -0.2) is 31.6 Å². The third-order valence-electron chi connectivity index (χ3n) is 3.11. The van der Waals surface area contributed by atoms with Crippen LogP contribution in [0.3, 0.4) is 0 Å². The fourth-order valence-electron chi connectivity index (χ4n) is 2.13. The lowest BCUT2D eigenvalue weighted by Crippen LogP contribution is -2.21. The number of nitrogens with one attached hydrogen (secondary N) is 1. The fourth-order valence-corrected chi connectivity index (χ4v) is 2.13. The average molecular weight is 248 g/mol. The Bertz CT molecular complexity index is 323. The van der Waals surface area contributed by atoms with Crippen LogP contribution in [0.15, 0.2) is 24.3 Å². The standard InChI is InChI=1S/C16H28N2/c1-4-10-17-11-5-6-12-18(3)14-16-9-7-8-15(2)13-16/h7-9,13,17H,4-6,10-12,14H2,1-3H3. The first-order valence-electron chi connectivity index (χ1n) is 7.17. The van der Waals surface area contributed by atoms with Crippen LogP contribution in [0.2, 0.25) is 0 Å². The van der Waals surface area contributed by atoms with E-state index in [0.717, 1.165) is 19.6 Å². The van der Waals surface area contributed by atoms with Crippen molar-refractivity contribution in [1.29, 1.82) is 0 Å². The Kier molecular flexibility index (Phi) is 7.70. The van der Waals surface area contributed by atoms with Crippen molar-refractivity contribution in [3.63, 3.8) is 0 Å². The minimum Gasteiger partial charge on any atom is -0.317 e. The highest BCUT2D eigenvalue weighted by molar-refractivity contribution is 5.21. The molecule has 1 N–H and O–H groups in total. The number of rotatable bonds is 9. The molecule has 0 spiro atoms. The van der Waals surface area contributed by atoms with Crippen LogP contribution in [0, 0.1) is 6.92 Å². The van der Waals surface area contributed by atoms with Crippen molar-refractivity contribution in [3.05, 3.63) is 35.4 Å². The molecule has 2 nitrogen and oxygen atoms in total. The van der Waals surface area contributed by atoms with Crippen LogP contribution in [0.5, 0.6) is 0 Å². The average Bonchev–Trinajstić information content (AvgIpc) is 2.33. The Hall–Kier alpha value is -0.860. The Balaban J connectivity index is 2.12. The van der Waals surface area contributed by atoms with Crippen LogP contribution in [-0.2, 0) is 6.54 Å². The van der Waals surface area contributed by atoms with Gasteiger partial charge in [-0.05, 0) is 58.4 Å². The van der Waals surface area contributed by atoms with Gasteiger partial charge in [-0.2, -0.15) is 0 Å². The number of unbranched alkanes of at least 4 members (excludes halogenated alkanes) is 1. The van der Waals surface area contributed by atoms with E-state index in [1.165, 1.54) is 36.9 Å². The zero-order chi connectivity index (χ0) is 13.2. The molecule has 102 valence electrons. The van der Waals surface area contributed by atoms with Crippen LogP contribution in [0.4, 0.5) is 0 Å². The maximum absolute atomic E-state index is 3.45. The van der Waals surface area contributed by atoms with Crippen molar-refractivity contribution in [2.45, 2.75) is 39.7 Å². The topological polar surface area (TPSA) is 15.3 Å². The van der Waals surface area contributed by atoms with Crippen molar-refractivity contribution >= 4 is 0 Å². The molecule has 0 amide bonds. The van der Waals surface area contributed by atoms with Gasteiger partial charge in [-0.3, -0.25) is 0 Å².